The zero-order valence-corrected chi connectivity index (χ0v) is 11.0. The highest BCUT2D eigenvalue weighted by Gasteiger charge is 2.07. The molecule has 2 aromatic carbocycles. The fraction of sp³-hybridized carbons (Fsp3) is 0.0667. The van der Waals surface area contributed by atoms with E-state index in [2.05, 4.69) is 0 Å². The Morgan fingerprint density at radius 2 is 1.50 bits per heavy atom. The van der Waals surface area contributed by atoms with Crippen molar-refractivity contribution in [3.8, 4) is 0 Å². The second-order valence-corrected chi connectivity index (χ2v) is 5.99. The Kier molecular flexibility index (Phi) is 3.63. The van der Waals surface area contributed by atoms with E-state index in [1.165, 1.54) is 5.41 Å². The van der Waals surface area contributed by atoms with Crippen molar-refractivity contribution >= 4 is 15.3 Å². The second-order valence-electron chi connectivity index (χ2n) is 4.08. The summed E-state index contributed by atoms with van der Waals surface area (Å²) in [6.07, 6.45) is 0. The molecule has 0 spiro atoms. The largest absolute Gasteiger partial charge is 0.245 e. The molecule has 2 rings (SSSR count). The SMILES string of the molecule is C/C(=C\S(=N)(=O)c1ccccc1)c1ccccc1. The molecule has 0 aromatic heterocycles. The predicted octanol–water partition coefficient (Wildman–Crippen LogP) is 4.15. The van der Waals surface area contributed by atoms with Crippen molar-refractivity contribution in [1.29, 1.82) is 4.78 Å². The van der Waals surface area contributed by atoms with Crippen molar-refractivity contribution in [2.75, 3.05) is 0 Å². The molecule has 0 aliphatic carbocycles. The summed E-state index contributed by atoms with van der Waals surface area (Å²) < 4.78 is 20.4. The van der Waals surface area contributed by atoms with E-state index in [9.17, 15) is 4.21 Å². The molecule has 0 aliphatic rings. The van der Waals surface area contributed by atoms with Crippen LogP contribution in [0.1, 0.15) is 12.5 Å². The molecule has 1 N–H and O–H groups in total. The van der Waals surface area contributed by atoms with Gasteiger partial charge < -0.3 is 0 Å². The number of allylic oxidation sites excluding steroid dienone is 1. The average molecular weight is 257 g/mol. The van der Waals surface area contributed by atoms with E-state index in [4.69, 9.17) is 4.78 Å². The number of rotatable bonds is 3. The fourth-order valence-corrected chi connectivity index (χ4v) is 3.04. The van der Waals surface area contributed by atoms with Gasteiger partial charge in [0.15, 0.2) is 0 Å². The molecule has 0 radical (unpaired) electrons. The van der Waals surface area contributed by atoms with Crippen molar-refractivity contribution in [1.82, 2.24) is 0 Å². The molecule has 0 bridgehead atoms. The standard InChI is InChI=1S/C15H15NOS/c1-13(14-8-4-2-5-9-14)12-18(16,17)15-10-6-3-7-11-15/h2-12,16H,1H3/b13-12+. The van der Waals surface area contributed by atoms with Crippen LogP contribution in [0.15, 0.2) is 71.0 Å². The summed E-state index contributed by atoms with van der Waals surface area (Å²) >= 11 is 0. The molecule has 0 fully saturated rings. The maximum Gasteiger partial charge on any atom is 0.0945 e. The smallest absolute Gasteiger partial charge is 0.0945 e. The molecule has 0 aliphatic heterocycles. The fourth-order valence-electron chi connectivity index (χ4n) is 1.71. The van der Waals surface area contributed by atoms with Crippen molar-refractivity contribution in [2.24, 2.45) is 0 Å². The first kappa shape index (κ1) is 12.6. The molecule has 1 atom stereocenters. The molecule has 0 saturated heterocycles. The second kappa shape index (κ2) is 5.19. The molecular weight excluding hydrogens is 242 g/mol. The Bertz CT molecular complexity index is 643. The van der Waals surface area contributed by atoms with Gasteiger partial charge in [0.05, 0.1) is 14.6 Å². The topological polar surface area (TPSA) is 40.9 Å². The van der Waals surface area contributed by atoms with Crippen LogP contribution in [0, 0.1) is 4.78 Å². The van der Waals surface area contributed by atoms with Gasteiger partial charge in [0.1, 0.15) is 0 Å². The lowest BCUT2D eigenvalue weighted by molar-refractivity contribution is 0.681. The van der Waals surface area contributed by atoms with Crippen molar-refractivity contribution in [3.05, 3.63) is 71.6 Å². The first-order chi connectivity index (χ1) is 8.59. The molecule has 0 saturated carbocycles. The van der Waals surface area contributed by atoms with E-state index < -0.39 is 9.73 Å². The molecule has 1 unspecified atom stereocenters. The van der Waals surface area contributed by atoms with Gasteiger partial charge in [-0.15, -0.1) is 0 Å². The lowest BCUT2D eigenvalue weighted by Crippen LogP contribution is -1.95. The first-order valence-corrected chi connectivity index (χ1v) is 7.29. The molecule has 18 heavy (non-hydrogen) atoms. The van der Waals surface area contributed by atoms with Crippen LogP contribution in [-0.4, -0.2) is 4.21 Å². The van der Waals surface area contributed by atoms with Crippen molar-refractivity contribution in [2.45, 2.75) is 11.8 Å². The van der Waals surface area contributed by atoms with Crippen molar-refractivity contribution < 1.29 is 4.21 Å². The highest BCUT2D eigenvalue weighted by atomic mass is 32.2. The molecule has 0 amide bonds. The summed E-state index contributed by atoms with van der Waals surface area (Å²) in [7, 11) is -2.87. The van der Waals surface area contributed by atoms with Crippen LogP contribution in [0.4, 0.5) is 0 Å². The van der Waals surface area contributed by atoms with Gasteiger partial charge in [-0.1, -0.05) is 48.5 Å². The third-order valence-corrected chi connectivity index (χ3v) is 4.32. The average Bonchev–Trinajstić information content (AvgIpc) is 2.40. The Morgan fingerprint density at radius 1 is 1.00 bits per heavy atom. The van der Waals surface area contributed by atoms with Crippen LogP contribution in [0.5, 0.6) is 0 Å². The molecular formula is C15H15NOS. The summed E-state index contributed by atoms with van der Waals surface area (Å²) in [6, 6.07) is 18.6. The van der Waals surface area contributed by atoms with Crippen LogP contribution in [0.25, 0.3) is 5.57 Å². The Labute approximate surface area is 108 Å². The summed E-state index contributed by atoms with van der Waals surface area (Å²) in [5, 5.41) is 1.54. The lowest BCUT2D eigenvalue weighted by atomic mass is 10.1. The molecule has 92 valence electrons. The monoisotopic (exact) mass is 257 g/mol. The van der Waals surface area contributed by atoms with Gasteiger partial charge in [-0.3, -0.25) is 0 Å². The number of nitrogens with one attached hydrogen (secondary N) is 1. The molecule has 3 heteroatoms. The van der Waals surface area contributed by atoms with E-state index in [-0.39, 0.29) is 0 Å². The van der Waals surface area contributed by atoms with E-state index in [0.29, 0.717) is 4.90 Å². The number of hydrogen-bond donors (Lipinski definition) is 1. The molecule has 2 aromatic rings. The summed E-state index contributed by atoms with van der Waals surface area (Å²) in [6.45, 7) is 1.88. The molecule has 2 nitrogen and oxygen atoms in total. The van der Waals surface area contributed by atoms with Gasteiger partial charge in [0.2, 0.25) is 0 Å². The van der Waals surface area contributed by atoms with Gasteiger partial charge in [0, 0.05) is 5.41 Å². The minimum absolute atomic E-state index is 0.542. The normalized spacial score (nSPS) is 15.1. The third kappa shape index (κ3) is 2.87. The number of benzene rings is 2. The minimum Gasteiger partial charge on any atom is -0.245 e. The van der Waals surface area contributed by atoms with Crippen LogP contribution in [0.2, 0.25) is 0 Å². The Morgan fingerprint density at radius 3 is 2.06 bits per heavy atom. The van der Waals surface area contributed by atoms with Gasteiger partial charge >= 0.3 is 0 Å². The van der Waals surface area contributed by atoms with Gasteiger partial charge in [-0.2, -0.15) is 0 Å². The van der Waals surface area contributed by atoms with Gasteiger partial charge in [-0.05, 0) is 30.2 Å². The van der Waals surface area contributed by atoms with E-state index in [1.807, 2.05) is 43.3 Å². The van der Waals surface area contributed by atoms with E-state index >= 15 is 0 Å². The van der Waals surface area contributed by atoms with Crippen LogP contribution in [-0.2, 0) is 9.73 Å². The maximum atomic E-state index is 12.4. The predicted molar refractivity (Wildman–Crippen MR) is 75.7 cm³/mol. The summed E-state index contributed by atoms with van der Waals surface area (Å²) in [5.41, 5.74) is 1.85. The van der Waals surface area contributed by atoms with Crippen LogP contribution < -0.4 is 0 Å². The highest BCUT2D eigenvalue weighted by Crippen LogP contribution is 2.19. The minimum atomic E-state index is -2.87. The molecule has 0 heterocycles. The maximum absolute atomic E-state index is 12.4. The summed E-state index contributed by atoms with van der Waals surface area (Å²) in [5.74, 6) is 0. The zero-order chi connectivity index (χ0) is 13.0. The van der Waals surface area contributed by atoms with Crippen LogP contribution in [0.3, 0.4) is 0 Å². The quantitative estimate of drug-likeness (QED) is 0.881. The van der Waals surface area contributed by atoms with E-state index in [1.54, 1.807) is 24.3 Å². The Balaban J connectivity index is 2.39. The van der Waals surface area contributed by atoms with E-state index in [0.717, 1.165) is 11.1 Å². The lowest BCUT2D eigenvalue weighted by Gasteiger charge is -2.05. The van der Waals surface area contributed by atoms with Crippen LogP contribution >= 0.6 is 0 Å². The highest BCUT2D eigenvalue weighted by molar-refractivity contribution is 7.95. The number of hydrogen-bond acceptors (Lipinski definition) is 2. The van der Waals surface area contributed by atoms with Gasteiger partial charge in [-0.25, -0.2) is 8.99 Å². The van der Waals surface area contributed by atoms with Gasteiger partial charge in [0.25, 0.3) is 0 Å². The zero-order valence-electron chi connectivity index (χ0n) is 10.2. The third-order valence-electron chi connectivity index (χ3n) is 2.67. The Hall–Kier alpha value is -1.87. The first-order valence-electron chi connectivity index (χ1n) is 5.67. The van der Waals surface area contributed by atoms with Crippen molar-refractivity contribution in [3.63, 3.8) is 0 Å². The summed E-state index contributed by atoms with van der Waals surface area (Å²) in [4.78, 5) is 0.542.